The molecule has 9 nitrogen and oxygen atoms in total. The van der Waals surface area contributed by atoms with Gasteiger partial charge in [-0.25, -0.2) is 13.8 Å². The maximum Gasteiger partial charge on any atom is 0.416 e. The summed E-state index contributed by atoms with van der Waals surface area (Å²) >= 11 is 0. The quantitative estimate of drug-likeness (QED) is 0.147. The highest BCUT2D eigenvalue weighted by molar-refractivity contribution is 5.84. The van der Waals surface area contributed by atoms with Gasteiger partial charge in [-0.1, -0.05) is 42.5 Å². The van der Waals surface area contributed by atoms with E-state index in [1.807, 2.05) is 4.90 Å². The number of methoxy groups -OCH3 is 1. The minimum atomic E-state index is -4.55. The molecule has 13 heteroatoms. The number of esters is 1. The average molecular weight is 719 g/mol. The van der Waals surface area contributed by atoms with Crippen LogP contribution in [0, 0.1) is 12.7 Å². The van der Waals surface area contributed by atoms with Crippen LogP contribution in [-0.4, -0.2) is 56.7 Å². The third-order valence-electron chi connectivity index (χ3n) is 10.6. The summed E-state index contributed by atoms with van der Waals surface area (Å²) in [6.07, 6.45) is -3.97. The van der Waals surface area contributed by atoms with Gasteiger partial charge in [0.1, 0.15) is 17.0 Å². The number of piperidine rings is 1. The largest absolute Gasteiger partial charge is 0.497 e. The summed E-state index contributed by atoms with van der Waals surface area (Å²) < 4.78 is 69.8. The predicted molar refractivity (Wildman–Crippen MR) is 184 cm³/mol. The monoisotopic (exact) mass is 718 g/mol. The zero-order chi connectivity index (χ0) is 37.0. The van der Waals surface area contributed by atoms with E-state index in [4.69, 9.17) is 14.5 Å². The zero-order valence-electron chi connectivity index (χ0n) is 29.0. The van der Waals surface area contributed by atoms with Crippen LogP contribution in [0.15, 0.2) is 77.6 Å². The van der Waals surface area contributed by atoms with Gasteiger partial charge in [-0.15, -0.1) is 0 Å². The molecule has 0 amide bonds. The van der Waals surface area contributed by atoms with E-state index in [2.05, 4.69) is 0 Å². The summed E-state index contributed by atoms with van der Waals surface area (Å²) in [5.41, 5.74) is -1.12. The number of hydrogen-bond donors (Lipinski definition) is 1. The third-order valence-corrected chi connectivity index (χ3v) is 10.6. The third kappa shape index (κ3) is 6.15. The summed E-state index contributed by atoms with van der Waals surface area (Å²) in [5.74, 6) is -0.152. The number of fused-ring (bicyclic) bond motifs is 1. The molecular formula is C39H38F4N4O5. The van der Waals surface area contributed by atoms with Gasteiger partial charge in [0, 0.05) is 37.3 Å². The molecule has 0 bridgehead atoms. The number of rotatable bonds is 8. The summed E-state index contributed by atoms with van der Waals surface area (Å²) in [6, 6.07) is 18.2. The van der Waals surface area contributed by atoms with Crippen LogP contribution in [0.25, 0.3) is 16.9 Å². The molecule has 0 aliphatic carbocycles. The first-order valence-corrected chi connectivity index (χ1v) is 17.1. The van der Waals surface area contributed by atoms with Gasteiger partial charge in [0.15, 0.2) is 0 Å². The zero-order valence-corrected chi connectivity index (χ0v) is 29.0. The van der Waals surface area contributed by atoms with Crippen LogP contribution in [0.5, 0.6) is 5.75 Å². The topological polar surface area (TPSA) is 98.3 Å². The van der Waals surface area contributed by atoms with E-state index in [1.54, 1.807) is 60.9 Å². The Bertz CT molecular complexity index is 2240. The number of aliphatic hydroxyl groups is 1. The number of ether oxygens (including phenoxy) is 2. The van der Waals surface area contributed by atoms with Gasteiger partial charge in [0.05, 0.1) is 48.4 Å². The highest BCUT2D eigenvalue weighted by Gasteiger charge is 2.47. The van der Waals surface area contributed by atoms with Crippen molar-refractivity contribution in [1.82, 2.24) is 18.9 Å². The van der Waals surface area contributed by atoms with E-state index >= 15 is 4.39 Å². The molecule has 0 saturated carbocycles. The van der Waals surface area contributed by atoms with E-state index in [-0.39, 0.29) is 57.0 Å². The standard InChI is InChI=1S/C39H38F4N4O5/c1-24-32(25-9-6-12-29(20-25)51-3)34(48)47-31(23-45-17-14-38(50,15-18-45)27-10-7-11-28(21-27)39(41,42)43)33(37(2)16-19-52-35(37)49)44-36(47)46(24)22-26-8-4-5-13-30(26)40/h4-13,20-21,50H,14-19,22-23H2,1-3H3. The summed E-state index contributed by atoms with van der Waals surface area (Å²) in [7, 11) is 1.53. The van der Waals surface area contributed by atoms with Crippen molar-refractivity contribution in [2.75, 3.05) is 26.8 Å². The summed E-state index contributed by atoms with van der Waals surface area (Å²) in [6.45, 7) is 4.40. The molecule has 2 aliphatic heterocycles. The molecule has 272 valence electrons. The Hall–Kier alpha value is -5.01. The minimum absolute atomic E-state index is 0.0318. The van der Waals surface area contributed by atoms with E-state index in [9.17, 15) is 27.9 Å². The van der Waals surface area contributed by atoms with Gasteiger partial charge in [0.2, 0.25) is 5.78 Å². The summed E-state index contributed by atoms with van der Waals surface area (Å²) in [5, 5.41) is 11.6. The number of halogens is 4. The van der Waals surface area contributed by atoms with Gasteiger partial charge >= 0.3 is 12.1 Å². The fourth-order valence-electron chi connectivity index (χ4n) is 7.46. The molecule has 1 N–H and O–H groups in total. The Morgan fingerprint density at radius 1 is 0.962 bits per heavy atom. The van der Waals surface area contributed by atoms with Crippen molar-refractivity contribution in [3.8, 4) is 16.9 Å². The minimum Gasteiger partial charge on any atom is -0.497 e. The smallest absolute Gasteiger partial charge is 0.416 e. The molecule has 7 rings (SSSR count). The van der Waals surface area contributed by atoms with E-state index < -0.39 is 40.1 Å². The van der Waals surface area contributed by atoms with Gasteiger partial charge in [-0.3, -0.25) is 14.5 Å². The number of imidazole rings is 1. The number of cyclic esters (lactones) is 1. The Morgan fingerprint density at radius 2 is 1.69 bits per heavy atom. The molecule has 2 saturated heterocycles. The predicted octanol–water partition coefficient (Wildman–Crippen LogP) is 6.37. The van der Waals surface area contributed by atoms with Crippen molar-refractivity contribution < 1.29 is 36.9 Å². The SMILES string of the molecule is COc1cccc(-c2c(C)n(Cc3ccccc3F)c3nc(C4(C)CCOC4=O)c(CN4CCC(O)(c5cccc(C(F)(F)F)c5)CC4)n3c2=O)c1. The number of carbonyl (C=O) groups is 1. The molecule has 52 heavy (non-hydrogen) atoms. The van der Waals surface area contributed by atoms with Crippen molar-refractivity contribution in [3.63, 3.8) is 0 Å². The highest BCUT2D eigenvalue weighted by atomic mass is 19.4. The number of aromatic nitrogens is 3. The fraction of sp³-hybridized carbons (Fsp3) is 0.359. The maximum absolute atomic E-state index is 15.2. The van der Waals surface area contributed by atoms with Gasteiger partial charge in [-0.2, -0.15) is 13.2 Å². The van der Waals surface area contributed by atoms with Crippen LogP contribution in [0.3, 0.4) is 0 Å². The van der Waals surface area contributed by atoms with Crippen LogP contribution in [0.4, 0.5) is 17.6 Å². The van der Waals surface area contributed by atoms with Crippen LogP contribution < -0.4 is 10.3 Å². The van der Waals surface area contributed by atoms with Crippen LogP contribution in [0.1, 0.15) is 60.0 Å². The molecule has 2 fully saturated rings. The molecule has 4 heterocycles. The van der Waals surface area contributed by atoms with Crippen molar-refractivity contribution >= 4 is 11.7 Å². The van der Waals surface area contributed by atoms with Crippen LogP contribution in [-0.2, 0) is 39.8 Å². The second-order valence-electron chi connectivity index (χ2n) is 13.8. The van der Waals surface area contributed by atoms with Crippen molar-refractivity contribution in [1.29, 1.82) is 0 Å². The highest BCUT2D eigenvalue weighted by Crippen LogP contribution is 2.40. The van der Waals surface area contributed by atoms with Crippen LogP contribution >= 0.6 is 0 Å². The van der Waals surface area contributed by atoms with Crippen molar-refractivity contribution in [2.45, 2.75) is 63.4 Å². The Labute approximate surface area is 297 Å². The molecular weight excluding hydrogens is 680 g/mol. The molecule has 2 aliphatic rings. The maximum atomic E-state index is 15.2. The number of benzene rings is 3. The lowest BCUT2D eigenvalue weighted by atomic mass is 9.82. The average Bonchev–Trinajstić information content (AvgIpc) is 3.68. The molecule has 0 spiro atoms. The lowest BCUT2D eigenvalue weighted by Crippen LogP contribution is -2.43. The molecule has 5 aromatic rings. The van der Waals surface area contributed by atoms with Crippen molar-refractivity contribution in [3.05, 3.63) is 123 Å². The Balaban J connectivity index is 1.37. The first-order chi connectivity index (χ1) is 24.7. The number of alkyl halides is 3. The number of carbonyl (C=O) groups excluding carboxylic acids is 1. The fourth-order valence-corrected chi connectivity index (χ4v) is 7.46. The second kappa shape index (κ2) is 13.2. The van der Waals surface area contributed by atoms with Gasteiger partial charge in [-0.05, 0) is 68.1 Å². The summed E-state index contributed by atoms with van der Waals surface area (Å²) in [4.78, 5) is 35.2. The van der Waals surface area contributed by atoms with E-state index in [1.165, 1.54) is 29.7 Å². The lowest BCUT2D eigenvalue weighted by molar-refractivity contribution is -0.142. The van der Waals surface area contributed by atoms with Crippen molar-refractivity contribution in [2.24, 2.45) is 0 Å². The van der Waals surface area contributed by atoms with Crippen LogP contribution in [0.2, 0.25) is 0 Å². The second-order valence-corrected chi connectivity index (χ2v) is 13.8. The lowest BCUT2D eigenvalue weighted by Gasteiger charge is -2.39. The molecule has 2 aromatic heterocycles. The molecule has 1 unspecified atom stereocenters. The first kappa shape index (κ1) is 35.4. The van der Waals surface area contributed by atoms with E-state index in [0.29, 0.717) is 45.9 Å². The Morgan fingerprint density at radius 3 is 2.37 bits per heavy atom. The van der Waals surface area contributed by atoms with Gasteiger partial charge < -0.3 is 19.1 Å². The normalized spacial score (nSPS) is 19.3. The molecule has 0 radical (unpaired) electrons. The van der Waals surface area contributed by atoms with E-state index in [0.717, 1.165) is 12.1 Å². The molecule has 1 atom stereocenters. The number of likely N-dealkylation sites (tertiary alicyclic amines) is 1. The Kier molecular flexibility index (Phi) is 8.98. The molecule has 3 aromatic carbocycles. The number of hydrogen-bond acceptors (Lipinski definition) is 7. The van der Waals surface area contributed by atoms with Gasteiger partial charge in [0.25, 0.3) is 5.56 Å². The first-order valence-electron chi connectivity index (χ1n) is 17.1. The number of nitrogens with zero attached hydrogens (tertiary/aromatic N) is 4.